The largest absolute Gasteiger partial charge is 1.00 e. The predicted octanol–water partition coefficient (Wildman–Crippen LogP) is 6.11. The number of carbonyl (C=O) groups is 3. The molecular weight excluding hydrogens is 676 g/mol. The molecule has 2 aromatic rings. The summed E-state index contributed by atoms with van der Waals surface area (Å²) in [4.78, 5) is 41.3. The Morgan fingerprint density at radius 2 is 1.29 bits per heavy atom. The molecule has 292 valence electrons. The van der Waals surface area contributed by atoms with Gasteiger partial charge in [-0.05, 0) is 25.3 Å². The Morgan fingerprint density at radius 3 is 1.85 bits per heavy atom. The van der Waals surface area contributed by atoms with Crippen molar-refractivity contribution in [3.05, 3.63) is 66.0 Å². The number of likely N-dealkylation sites (tertiary alicyclic amines) is 1. The summed E-state index contributed by atoms with van der Waals surface area (Å²) in [7, 11) is 0. The maximum Gasteiger partial charge on any atom is 0.417 e. The van der Waals surface area contributed by atoms with Crippen LogP contribution in [0.5, 0.6) is 0 Å². The molecule has 1 aliphatic rings. The number of aryl methyl sites for hydroxylation is 1. The number of hydrogen-bond donors (Lipinski definition) is 1. The topological polar surface area (TPSA) is 92.1 Å². The zero-order chi connectivity index (χ0) is 36.5. The second-order valence-corrected chi connectivity index (χ2v) is 14.2. The molecule has 2 heterocycles. The van der Waals surface area contributed by atoms with Gasteiger partial charge < -0.3 is 27.2 Å². The Hall–Kier alpha value is -3.17. The molecule has 10 heteroatoms. The normalized spacial score (nSPS) is 15.3. The summed E-state index contributed by atoms with van der Waals surface area (Å²) in [5.41, 5.74) is 1.98. The first-order chi connectivity index (χ1) is 24.9. The summed E-state index contributed by atoms with van der Waals surface area (Å²) in [6.45, 7) is 8.25. The van der Waals surface area contributed by atoms with Gasteiger partial charge >= 0.3 is 12.2 Å². The van der Waals surface area contributed by atoms with E-state index in [9.17, 15) is 14.4 Å². The molecular formula is C42H67ClN4O5. The molecule has 3 amide bonds. The van der Waals surface area contributed by atoms with Crippen molar-refractivity contribution in [3.63, 3.8) is 0 Å². The van der Waals surface area contributed by atoms with Crippen LogP contribution in [0.2, 0.25) is 0 Å². The van der Waals surface area contributed by atoms with Crippen LogP contribution in [0.25, 0.3) is 0 Å². The van der Waals surface area contributed by atoms with E-state index < -0.39 is 6.09 Å². The number of halogens is 1. The summed E-state index contributed by atoms with van der Waals surface area (Å²) in [6.07, 6.45) is 22.8. The van der Waals surface area contributed by atoms with E-state index in [4.69, 9.17) is 9.47 Å². The molecule has 0 spiro atoms. The fourth-order valence-electron chi connectivity index (χ4n) is 6.89. The van der Waals surface area contributed by atoms with Crippen molar-refractivity contribution < 1.29 is 40.8 Å². The number of hydrogen-bond acceptors (Lipinski definition) is 6. The van der Waals surface area contributed by atoms with Crippen LogP contribution in [-0.2, 0) is 33.9 Å². The van der Waals surface area contributed by atoms with Crippen molar-refractivity contribution in [2.75, 3.05) is 19.8 Å². The Morgan fingerprint density at radius 1 is 0.750 bits per heavy atom. The van der Waals surface area contributed by atoms with Gasteiger partial charge in [-0.15, -0.1) is 0 Å². The van der Waals surface area contributed by atoms with Crippen molar-refractivity contribution in [2.45, 2.75) is 162 Å². The van der Waals surface area contributed by atoms with E-state index in [1.807, 2.05) is 54.1 Å². The van der Waals surface area contributed by atoms with Gasteiger partial charge in [-0.3, -0.25) is 9.69 Å². The van der Waals surface area contributed by atoms with Crippen LogP contribution in [0.1, 0.15) is 141 Å². The van der Waals surface area contributed by atoms with Crippen LogP contribution >= 0.6 is 0 Å². The van der Waals surface area contributed by atoms with Gasteiger partial charge in [-0.1, -0.05) is 140 Å². The third kappa shape index (κ3) is 17.6. The summed E-state index contributed by atoms with van der Waals surface area (Å²) in [5.74, 6) is -0.363. The molecule has 0 aliphatic carbocycles. The first-order valence-electron chi connectivity index (χ1n) is 20.0. The van der Waals surface area contributed by atoms with Gasteiger partial charge in [0.05, 0.1) is 0 Å². The summed E-state index contributed by atoms with van der Waals surface area (Å²) in [6, 6.07) is 15.8. The quantitative estimate of drug-likeness (QED) is 0.0924. The number of amides is 3. The Balaban J connectivity index is 0.00000936. The van der Waals surface area contributed by atoms with Crippen molar-refractivity contribution >= 4 is 18.1 Å². The standard InChI is InChI=1S/C42H66N4O5.ClH/c1-4-6-7-8-9-10-11-12-13-14-15-16-17-18-19-24-29-43-41(48)50-34-39-31-40(46(39)32-37-26-21-20-22-27-37)35-51-42(49)45(36(3)47)33-38-28-23-25-30-44(38)5-2;/h20-23,25-28,30,39-40H,4-19,24,29,31-35H2,1-3H3;1H. The zero-order valence-electron chi connectivity index (χ0n) is 32.4. The van der Waals surface area contributed by atoms with Gasteiger partial charge in [-0.25, -0.2) is 19.1 Å². The number of nitrogens with one attached hydrogen (secondary N) is 1. The van der Waals surface area contributed by atoms with Gasteiger partial charge in [-0.2, -0.15) is 0 Å². The van der Waals surface area contributed by atoms with Crippen molar-refractivity contribution in [3.8, 4) is 0 Å². The van der Waals surface area contributed by atoms with E-state index in [2.05, 4.69) is 29.3 Å². The van der Waals surface area contributed by atoms with E-state index in [0.29, 0.717) is 13.1 Å². The highest BCUT2D eigenvalue weighted by atomic mass is 35.5. The highest BCUT2D eigenvalue weighted by molar-refractivity contribution is 5.90. The molecule has 1 saturated heterocycles. The van der Waals surface area contributed by atoms with Crippen LogP contribution in [0, 0.1) is 0 Å². The maximum absolute atomic E-state index is 13.1. The summed E-state index contributed by atoms with van der Waals surface area (Å²) < 4.78 is 13.3. The number of nitrogens with zero attached hydrogens (tertiary/aromatic N) is 3. The van der Waals surface area contributed by atoms with E-state index in [1.165, 1.54) is 96.8 Å². The van der Waals surface area contributed by atoms with Crippen LogP contribution in [0.3, 0.4) is 0 Å². The molecule has 52 heavy (non-hydrogen) atoms. The second-order valence-electron chi connectivity index (χ2n) is 14.2. The minimum atomic E-state index is -0.651. The molecule has 1 aliphatic heterocycles. The van der Waals surface area contributed by atoms with Gasteiger partial charge in [0.1, 0.15) is 26.3 Å². The van der Waals surface area contributed by atoms with Crippen LogP contribution in [0.4, 0.5) is 9.59 Å². The van der Waals surface area contributed by atoms with Gasteiger partial charge in [0.25, 0.3) is 0 Å². The maximum atomic E-state index is 13.1. The van der Waals surface area contributed by atoms with Gasteiger partial charge in [0.15, 0.2) is 6.20 Å². The van der Waals surface area contributed by atoms with Crippen LogP contribution < -0.4 is 22.3 Å². The monoisotopic (exact) mass is 742 g/mol. The SMILES string of the molecule is CCCCCCCCCCCCCCCCCCNC(=O)OCC1CC(COC(=O)N(Cc2cccc[n+]2CC)C(C)=O)N1Cc1ccccc1.[Cl-]. The number of benzene rings is 1. The fraction of sp³-hybridized carbons (Fsp3) is 0.667. The third-order valence-corrected chi connectivity index (χ3v) is 10.1. The number of aromatic nitrogens is 1. The zero-order valence-corrected chi connectivity index (χ0v) is 33.1. The lowest BCUT2D eigenvalue weighted by molar-refractivity contribution is -0.701. The molecule has 1 aromatic heterocycles. The minimum Gasteiger partial charge on any atom is -1.00 e. The lowest BCUT2D eigenvalue weighted by atomic mass is 9.93. The van der Waals surface area contributed by atoms with Crippen molar-refractivity contribution in [1.29, 1.82) is 0 Å². The molecule has 0 saturated carbocycles. The lowest BCUT2D eigenvalue weighted by Gasteiger charge is -2.48. The average Bonchev–Trinajstić information content (AvgIpc) is 3.13. The molecule has 0 bridgehead atoms. The van der Waals surface area contributed by atoms with Crippen molar-refractivity contribution in [1.82, 2.24) is 15.1 Å². The van der Waals surface area contributed by atoms with E-state index >= 15 is 0 Å². The lowest BCUT2D eigenvalue weighted by Crippen LogP contribution is -3.00. The molecule has 2 atom stereocenters. The summed E-state index contributed by atoms with van der Waals surface area (Å²) in [5, 5.41) is 2.91. The minimum absolute atomic E-state index is 0. The Kier molecular flexibility index (Phi) is 23.7. The summed E-state index contributed by atoms with van der Waals surface area (Å²) >= 11 is 0. The van der Waals surface area contributed by atoms with E-state index in [-0.39, 0.29) is 56.2 Å². The van der Waals surface area contributed by atoms with Crippen LogP contribution in [0.15, 0.2) is 54.7 Å². The molecule has 1 fully saturated rings. The average molecular weight is 743 g/mol. The fourth-order valence-corrected chi connectivity index (χ4v) is 6.89. The number of ether oxygens (including phenoxy) is 2. The first-order valence-corrected chi connectivity index (χ1v) is 20.0. The highest BCUT2D eigenvalue weighted by Gasteiger charge is 2.40. The Labute approximate surface area is 320 Å². The number of carbonyl (C=O) groups excluding carboxylic acids is 3. The molecule has 3 rings (SSSR count). The number of imide groups is 1. The number of pyridine rings is 1. The predicted molar refractivity (Wildman–Crippen MR) is 203 cm³/mol. The smallest absolute Gasteiger partial charge is 0.417 e. The van der Waals surface area contributed by atoms with E-state index in [0.717, 1.165) is 42.0 Å². The first kappa shape index (κ1) is 45.0. The number of unbranched alkanes of at least 4 members (excludes halogenated alkanes) is 15. The van der Waals surface area contributed by atoms with Gasteiger partial charge in [0.2, 0.25) is 11.6 Å². The van der Waals surface area contributed by atoms with Gasteiger partial charge in [0, 0.05) is 44.2 Å². The van der Waals surface area contributed by atoms with E-state index in [1.54, 1.807) is 0 Å². The van der Waals surface area contributed by atoms with Crippen molar-refractivity contribution in [2.24, 2.45) is 0 Å². The third-order valence-electron chi connectivity index (χ3n) is 10.1. The number of alkyl carbamates (subject to hydrolysis) is 1. The molecule has 1 aromatic carbocycles. The highest BCUT2D eigenvalue weighted by Crippen LogP contribution is 2.29. The van der Waals surface area contributed by atoms with Crippen LogP contribution in [-0.4, -0.2) is 59.7 Å². The molecule has 2 unspecified atom stereocenters. The molecule has 0 radical (unpaired) electrons. The second kappa shape index (κ2) is 27.4. The molecule has 1 N–H and O–H groups in total. The number of rotatable bonds is 26. The Bertz CT molecular complexity index is 1270. The molecule has 9 nitrogen and oxygen atoms in total.